The minimum absolute atomic E-state index is 0.0973. The lowest BCUT2D eigenvalue weighted by atomic mass is 9.73. The average Bonchev–Trinajstić information content (AvgIpc) is 3.30. The molecule has 1 aliphatic carbocycles. The molecule has 1 saturated heterocycles. The average molecular weight is 479 g/mol. The molecule has 2 aliphatic rings. The smallest absolute Gasteiger partial charge is 0.227 e. The van der Waals surface area contributed by atoms with E-state index < -0.39 is 0 Å². The summed E-state index contributed by atoms with van der Waals surface area (Å²) in [5.41, 5.74) is 11.9. The molecule has 0 amide bonds. The molecule has 0 unspecified atom stereocenters. The SMILES string of the molecule is Cc1c2cnc(N3CCC4(CC3)Cc3ccccc3[C@H]4N)nc2nn1-c1cccc(Cl)c1Cl. The molecule has 2 aromatic carbocycles. The number of nitrogens with two attached hydrogens (primary N) is 1. The quantitative estimate of drug-likeness (QED) is 0.424. The number of aromatic nitrogens is 4. The van der Waals surface area contributed by atoms with Crippen molar-refractivity contribution in [2.45, 2.75) is 32.2 Å². The lowest BCUT2D eigenvalue weighted by Gasteiger charge is -2.42. The second-order valence-electron chi connectivity index (χ2n) is 9.18. The Morgan fingerprint density at radius 3 is 2.64 bits per heavy atom. The van der Waals surface area contributed by atoms with E-state index in [9.17, 15) is 0 Å². The van der Waals surface area contributed by atoms with Gasteiger partial charge >= 0.3 is 0 Å². The molecule has 0 bridgehead atoms. The standard InChI is InChI=1S/C25H24Cl2N6/c1-15-18-14-29-24(30-23(18)31-33(15)20-8-4-7-19(26)21(20)27)32-11-9-25(10-12-32)13-16-5-2-3-6-17(16)22(25)28/h2-8,14,22H,9-13,28H2,1H3/t22-/m1/s1. The number of nitrogens with zero attached hydrogens (tertiary/aromatic N) is 5. The van der Waals surface area contributed by atoms with Gasteiger partial charge in [0.15, 0.2) is 5.65 Å². The van der Waals surface area contributed by atoms with Crippen LogP contribution in [0, 0.1) is 12.3 Å². The number of rotatable bonds is 2. The van der Waals surface area contributed by atoms with Crippen molar-refractivity contribution in [2.24, 2.45) is 11.1 Å². The number of anilines is 1. The second-order valence-corrected chi connectivity index (χ2v) is 9.97. The number of aryl methyl sites for hydroxylation is 1. The first-order valence-corrected chi connectivity index (χ1v) is 12.0. The molecule has 0 radical (unpaired) electrons. The van der Waals surface area contributed by atoms with Crippen LogP contribution in [-0.2, 0) is 6.42 Å². The van der Waals surface area contributed by atoms with Crippen molar-refractivity contribution in [1.82, 2.24) is 19.7 Å². The van der Waals surface area contributed by atoms with Gasteiger partial charge in [-0.25, -0.2) is 9.67 Å². The van der Waals surface area contributed by atoms with Crippen LogP contribution in [0.3, 0.4) is 0 Å². The Morgan fingerprint density at radius 1 is 1.06 bits per heavy atom. The number of hydrogen-bond donors (Lipinski definition) is 1. The summed E-state index contributed by atoms with van der Waals surface area (Å²) in [6, 6.07) is 14.2. The van der Waals surface area contributed by atoms with Crippen LogP contribution < -0.4 is 10.6 Å². The van der Waals surface area contributed by atoms with E-state index >= 15 is 0 Å². The van der Waals surface area contributed by atoms with Crippen LogP contribution in [0.25, 0.3) is 16.7 Å². The molecule has 168 valence electrons. The molecule has 2 aromatic heterocycles. The molecule has 2 N–H and O–H groups in total. The Labute approximate surface area is 202 Å². The molecular formula is C25H24Cl2N6. The molecule has 1 spiro atoms. The first kappa shape index (κ1) is 20.9. The highest BCUT2D eigenvalue weighted by atomic mass is 35.5. The van der Waals surface area contributed by atoms with Gasteiger partial charge in [0.05, 0.1) is 26.8 Å². The third-order valence-corrected chi connectivity index (χ3v) is 8.26. The third kappa shape index (κ3) is 3.23. The van der Waals surface area contributed by atoms with E-state index in [0.717, 1.165) is 49.1 Å². The predicted molar refractivity (Wildman–Crippen MR) is 132 cm³/mol. The Kier molecular flexibility index (Phi) is 4.87. The third-order valence-electron chi connectivity index (χ3n) is 7.45. The van der Waals surface area contributed by atoms with Gasteiger partial charge in [0.2, 0.25) is 5.95 Å². The Morgan fingerprint density at radius 2 is 1.85 bits per heavy atom. The van der Waals surface area contributed by atoms with Crippen molar-refractivity contribution in [1.29, 1.82) is 0 Å². The summed E-state index contributed by atoms with van der Waals surface area (Å²) in [4.78, 5) is 11.7. The summed E-state index contributed by atoms with van der Waals surface area (Å²) in [6.45, 7) is 3.75. The number of fused-ring (bicyclic) bond motifs is 2. The van der Waals surface area contributed by atoms with Crippen molar-refractivity contribution in [2.75, 3.05) is 18.0 Å². The Bertz CT molecular complexity index is 1370. The van der Waals surface area contributed by atoms with Gasteiger partial charge in [0.1, 0.15) is 0 Å². The zero-order valence-electron chi connectivity index (χ0n) is 18.3. The fourth-order valence-electron chi connectivity index (χ4n) is 5.48. The maximum atomic E-state index is 6.73. The van der Waals surface area contributed by atoms with Gasteiger partial charge in [-0.05, 0) is 54.9 Å². The van der Waals surface area contributed by atoms with Crippen molar-refractivity contribution in [3.8, 4) is 5.69 Å². The summed E-state index contributed by atoms with van der Waals surface area (Å²) >= 11 is 12.7. The summed E-state index contributed by atoms with van der Waals surface area (Å²) in [7, 11) is 0. The summed E-state index contributed by atoms with van der Waals surface area (Å²) in [6.07, 6.45) is 4.96. The van der Waals surface area contributed by atoms with E-state index in [1.807, 2.05) is 25.3 Å². The van der Waals surface area contributed by atoms with Gasteiger partial charge in [-0.2, -0.15) is 4.98 Å². The molecule has 3 heterocycles. The molecule has 4 aromatic rings. The Balaban J connectivity index is 1.27. The maximum absolute atomic E-state index is 6.73. The first-order chi connectivity index (χ1) is 16.0. The molecule has 8 heteroatoms. The minimum atomic E-state index is 0.0973. The molecular weight excluding hydrogens is 455 g/mol. The van der Waals surface area contributed by atoms with Gasteiger partial charge in [-0.1, -0.05) is 53.5 Å². The van der Waals surface area contributed by atoms with Crippen LogP contribution in [0.15, 0.2) is 48.7 Å². The van der Waals surface area contributed by atoms with Crippen LogP contribution in [0.5, 0.6) is 0 Å². The number of piperidine rings is 1. The largest absolute Gasteiger partial charge is 0.341 e. The van der Waals surface area contributed by atoms with Crippen LogP contribution in [0.4, 0.5) is 5.95 Å². The van der Waals surface area contributed by atoms with Crippen molar-refractivity contribution in [3.05, 3.63) is 75.5 Å². The number of benzene rings is 2. The molecule has 1 aliphatic heterocycles. The van der Waals surface area contributed by atoms with Crippen molar-refractivity contribution in [3.63, 3.8) is 0 Å². The first-order valence-electron chi connectivity index (χ1n) is 11.2. The second kappa shape index (κ2) is 7.69. The lowest BCUT2D eigenvalue weighted by Crippen LogP contribution is -2.44. The van der Waals surface area contributed by atoms with E-state index in [2.05, 4.69) is 34.1 Å². The highest BCUT2D eigenvalue weighted by Gasteiger charge is 2.46. The molecule has 6 rings (SSSR count). The fourth-order valence-corrected chi connectivity index (χ4v) is 5.86. The van der Waals surface area contributed by atoms with Gasteiger partial charge < -0.3 is 10.6 Å². The highest BCUT2D eigenvalue weighted by Crippen LogP contribution is 2.50. The maximum Gasteiger partial charge on any atom is 0.227 e. The van der Waals surface area contributed by atoms with Crippen molar-refractivity contribution < 1.29 is 0 Å². The number of halogens is 2. The van der Waals surface area contributed by atoms with E-state index in [1.54, 1.807) is 10.7 Å². The monoisotopic (exact) mass is 478 g/mol. The predicted octanol–water partition coefficient (Wildman–Crippen LogP) is 5.27. The van der Waals surface area contributed by atoms with E-state index in [0.29, 0.717) is 21.6 Å². The number of hydrogen-bond acceptors (Lipinski definition) is 5. The van der Waals surface area contributed by atoms with Gasteiger partial charge in [0, 0.05) is 25.3 Å². The molecule has 33 heavy (non-hydrogen) atoms. The Hall–Kier alpha value is -2.67. The minimum Gasteiger partial charge on any atom is -0.341 e. The summed E-state index contributed by atoms with van der Waals surface area (Å²) in [5.74, 6) is 0.711. The van der Waals surface area contributed by atoms with E-state index in [-0.39, 0.29) is 11.5 Å². The molecule has 0 saturated carbocycles. The fraction of sp³-hybridized carbons (Fsp3) is 0.320. The molecule has 1 atom stereocenters. The van der Waals surface area contributed by atoms with Crippen molar-refractivity contribution >= 4 is 40.2 Å². The molecule has 6 nitrogen and oxygen atoms in total. The van der Waals surface area contributed by atoms with Gasteiger partial charge in [-0.15, -0.1) is 5.10 Å². The van der Waals surface area contributed by atoms with Crippen LogP contribution in [-0.4, -0.2) is 32.8 Å². The zero-order chi connectivity index (χ0) is 22.7. The zero-order valence-corrected chi connectivity index (χ0v) is 19.8. The van der Waals surface area contributed by atoms with E-state index in [1.165, 1.54) is 11.1 Å². The molecule has 1 fully saturated rings. The van der Waals surface area contributed by atoms with Crippen LogP contribution in [0.1, 0.15) is 35.7 Å². The van der Waals surface area contributed by atoms with Crippen LogP contribution >= 0.6 is 23.2 Å². The topological polar surface area (TPSA) is 72.9 Å². The summed E-state index contributed by atoms with van der Waals surface area (Å²) in [5, 5.41) is 6.59. The van der Waals surface area contributed by atoms with Crippen LogP contribution in [0.2, 0.25) is 10.0 Å². The van der Waals surface area contributed by atoms with Gasteiger partial charge in [-0.3, -0.25) is 0 Å². The van der Waals surface area contributed by atoms with Gasteiger partial charge in [0.25, 0.3) is 0 Å². The van der Waals surface area contributed by atoms with E-state index in [4.69, 9.17) is 39.0 Å². The summed E-state index contributed by atoms with van der Waals surface area (Å²) < 4.78 is 1.79. The highest BCUT2D eigenvalue weighted by molar-refractivity contribution is 6.43. The lowest BCUT2D eigenvalue weighted by molar-refractivity contribution is 0.187. The normalized spacial score (nSPS) is 19.4.